The molecule has 6 nitrogen and oxygen atoms in total. The summed E-state index contributed by atoms with van der Waals surface area (Å²) in [6.45, 7) is 5.02. The normalized spacial score (nSPS) is 14.0. The molecule has 0 bridgehead atoms. The smallest absolute Gasteiger partial charge is 0.251 e. The summed E-state index contributed by atoms with van der Waals surface area (Å²) in [4.78, 5) is 25.9. The molecule has 0 spiro atoms. The molecule has 0 aromatic heterocycles. The van der Waals surface area contributed by atoms with E-state index < -0.39 is 0 Å². The number of hydrogen-bond acceptors (Lipinski definition) is 4. The highest BCUT2D eigenvalue weighted by Gasteiger charge is 2.15. The van der Waals surface area contributed by atoms with Gasteiger partial charge in [-0.05, 0) is 29.8 Å². The van der Waals surface area contributed by atoms with Crippen LogP contribution in [0.1, 0.15) is 22.8 Å². The van der Waals surface area contributed by atoms with E-state index in [1.807, 2.05) is 18.2 Å². The molecular weight excluding hydrogens is 330 g/mol. The molecule has 2 aromatic rings. The van der Waals surface area contributed by atoms with E-state index in [9.17, 15) is 9.59 Å². The van der Waals surface area contributed by atoms with Crippen LogP contribution >= 0.6 is 0 Å². The molecule has 2 aromatic carbocycles. The maximum absolute atomic E-state index is 12.5. The summed E-state index contributed by atoms with van der Waals surface area (Å²) >= 11 is 0. The number of nitrogens with one attached hydrogen (secondary N) is 2. The number of ether oxygens (including phenoxy) is 1. The molecule has 6 heteroatoms. The van der Waals surface area contributed by atoms with Gasteiger partial charge in [0.1, 0.15) is 0 Å². The third-order valence-corrected chi connectivity index (χ3v) is 4.23. The first-order chi connectivity index (χ1) is 12.6. The molecule has 3 rings (SSSR count). The minimum absolute atomic E-state index is 0.165. The quantitative estimate of drug-likeness (QED) is 0.866. The zero-order valence-electron chi connectivity index (χ0n) is 14.8. The summed E-state index contributed by atoms with van der Waals surface area (Å²) in [6.07, 6.45) is 0. The summed E-state index contributed by atoms with van der Waals surface area (Å²) in [6, 6.07) is 15.0. The number of para-hydroxylation sites is 1. The van der Waals surface area contributed by atoms with Gasteiger partial charge in [-0.15, -0.1) is 0 Å². The fourth-order valence-electron chi connectivity index (χ4n) is 2.99. The molecule has 26 heavy (non-hydrogen) atoms. The van der Waals surface area contributed by atoms with Crippen molar-refractivity contribution in [2.24, 2.45) is 0 Å². The standard InChI is InChI=1S/C20H23N3O3/c1-15(24)22-18-7-4-6-16(13-18)20(25)21-14-17-5-2-3-8-19(17)23-9-11-26-12-10-23/h2-8,13H,9-12,14H2,1H3,(H,21,25)(H,22,24). The predicted octanol–water partition coefficient (Wildman–Crippen LogP) is 2.41. The molecular formula is C20H23N3O3. The zero-order chi connectivity index (χ0) is 18.4. The number of morpholine rings is 1. The molecule has 0 unspecified atom stereocenters. The fourth-order valence-corrected chi connectivity index (χ4v) is 2.99. The minimum Gasteiger partial charge on any atom is -0.378 e. The largest absolute Gasteiger partial charge is 0.378 e. The van der Waals surface area contributed by atoms with Gasteiger partial charge in [0.05, 0.1) is 13.2 Å². The lowest BCUT2D eigenvalue weighted by molar-refractivity contribution is -0.114. The van der Waals surface area contributed by atoms with Crippen LogP contribution in [0.25, 0.3) is 0 Å². The molecule has 136 valence electrons. The zero-order valence-corrected chi connectivity index (χ0v) is 14.8. The molecule has 0 aliphatic carbocycles. The van der Waals surface area contributed by atoms with Crippen LogP contribution in [0.15, 0.2) is 48.5 Å². The van der Waals surface area contributed by atoms with E-state index in [1.54, 1.807) is 24.3 Å². The van der Waals surface area contributed by atoms with Crippen molar-refractivity contribution in [3.8, 4) is 0 Å². The highest BCUT2D eigenvalue weighted by molar-refractivity contribution is 5.96. The van der Waals surface area contributed by atoms with Gasteiger partial charge in [-0.1, -0.05) is 24.3 Å². The Morgan fingerprint density at radius 2 is 1.85 bits per heavy atom. The molecule has 1 aliphatic heterocycles. The summed E-state index contributed by atoms with van der Waals surface area (Å²) < 4.78 is 5.41. The van der Waals surface area contributed by atoms with Gasteiger partial charge in [0.15, 0.2) is 0 Å². The Morgan fingerprint density at radius 3 is 2.62 bits per heavy atom. The SMILES string of the molecule is CC(=O)Nc1cccc(C(=O)NCc2ccccc2N2CCOCC2)c1. The van der Waals surface area contributed by atoms with Crippen molar-refractivity contribution in [3.63, 3.8) is 0 Å². The van der Waals surface area contributed by atoms with Crippen LogP contribution < -0.4 is 15.5 Å². The number of hydrogen-bond donors (Lipinski definition) is 2. The number of rotatable bonds is 5. The lowest BCUT2D eigenvalue weighted by atomic mass is 10.1. The van der Waals surface area contributed by atoms with Crippen LogP contribution in [-0.4, -0.2) is 38.1 Å². The molecule has 0 atom stereocenters. The number of nitrogens with zero attached hydrogens (tertiary/aromatic N) is 1. The summed E-state index contributed by atoms with van der Waals surface area (Å²) in [7, 11) is 0. The van der Waals surface area contributed by atoms with Gasteiger partial charge in [-0.25, -0.2) is 0 Å². The van der Waals surface area contributed by atoms with Gasteiger partial charge >= 0.3 is 0 Å². The van der Waals surface area contributed by atoms with Crippen molar-refractivity contribution in [3.05, 3.63) is 59.7 Å². The monoisotopic (exact) mass is 353 g/mol. The highest BCUT2D eigenvalue weighted by Crippen LogP contribution is 2.21. The molecule has 2 N–H and O–H groups in total. The molecule has 1 heterocycles. The first-order valence-electron chi connectivity index (χ1n) is 8.70. The first-order valence-corrected chi connectivity index (χ1v) is 8.70. The Bertz CT molecular complexity index is 785. The third-order valence-electron chi connectivity index (χ3n) is 4.23. The summed E-state index contributed by atoms with van der Waals surface area (Å²) in [5.74, 6) is -0.337. The minimum atomic E-state index is -0.172. The average molecular weight is 353 g/mol. The Hall–Kier alpha value is -2.86. The molecule has 0 saturated carbocycles. The molecule has 1 fully saturated rings. The maximum Gasteiger partial charge on any atom is 0.251 e. The summed E-state index contributed by atoms with van der Waals surface area (Å²) in [5, 5.41) is 5.65. The second kappa shape index (κ2) is 8.49. The van der Waals surface area contributed by atoms with Gasteiger partial charge < -0.3 is 20.3 Å². The van der Waals surface area contributed by atoms with Crippen molar-refractivity contribution in [2.45, 2.75) is 13.5 Å². The first kappa shape index (κ1) is 17.9. The maximum atomic E-state index is 12.5. The second-order valence-electron chi connectivity index (χ2n) is 6.17. The molecule has 1 aliphatic rings. The Morgan fingerprint density at radius 1 is 1.08 bits per heavy atom. The van der Waals surface area contributed by atoms with Crippen LogP contribution in [0.2, 0.25) is 0 Å². The molecule has 1 saturated heterocycles. The number of benzene rings is 2. The predicted molar refractivity (Wildman–Crippen MR) is 101 cm³/mol. The highest BCUT2D eigenvalue weighted by atomic mass is 16.5. The number of carbonyl (C=O) groups excluding carboxylic acids is 2. The van der Waals surface area contributed by atoms with E-state index in [4.69, 9.17) is 4.74 Å². The number of anilines is 2. The van der Waals surface area contributed by atoms with Gasteiger partial charge in [-0.3, -0.25) is 9.59 Å². The Balaban J connectivity index is 1.67. The van der Waals surface area contributed by atoms with E-state index in [2.05, 4.69) is 21.6 Å². The second-order valence-corrected chi connectivity index (χ2v) is 6.17. The van der Waals surface area contributed by atoms with Crippen LogP contribution in [0.4, 0.5) is 11.4 Å². The van der Waals surface area contributed by atoms with Crippen molar-refractivity contribution in [1.29, 1.82) is 0 Å². The average Bonchev–Trinajstić information content (AvgIpc) is 2.67. The van der Waals surface area contributed by atoms with Gasteiger partial charge in [0.25, 0.3) is 5.91 Å². The van der Waals surface area contributed by atoms with Crippen molar-refractivity contribution < 1.29 is 14.3 Å². The molecule has 0 radical (unpaired) electrons. The van der Waals surface area contributed by atoms with E-state index in [0.717, 1.165) is 37.6 Å². The topological polar surface area (TPSA) is 70.7 Å². The van der Waals surface area contributed by atoms with E-state index in [-0.39, 0.29) is 11.8 Å². The Kier molecular flexibility index (Phi) is 5.86. The summed E-state index contributed by atoms with van der Waals surface area (Å²) in [5.41, 5.74) is 3.32. The third kappa shape index (κ3) is 4.61. The van der Waals surface area contributed by atoms with E-state index >= 15 is 0 Å². The van der Waals surface area contributed by atoms with Gasteiger partial charge in [0, 0.05) is 43.5 Å². The van der Waals surface area contributed by atoms with Crippen molar-refractivity contribution >= 4 is 23.2 Å². The lowest BCUT2D eigenvalue weighted by Crippen LogP contribution is -2.37. The van der Waals surface area contributed by atoms with Crippen molar-refractivity contribution in [2.75, 3.05) is 36.5 Å². The van der Waals surface area contributed by atoms with Crippen LogP contribution in [0.5, 0.6) is 0 Å². The van der Waals surface area contributed by atoms with Crippen LogP contribution in [-0.2, 0) is 16.1 Å². The Labute approximate surface area is 153 Å². The fraction of sp³-hybridized carbons (Fsp3) is 0.300. The molecule has 2 amide bonds. The van der Waals surface area contributed by atoms with Gasteiger partial charge in [0.2, 0.25) is 5.91 Å². The number of amides is 2. The van der Waals surface area contributed by atoms with Crippen LogP contribution in [0, 0.1) is 0 Å². The van der Waals surface area contributed by atoms with Gasteiger partial charge in [-0.2, -0.15) is 0 Å². The lowest BCUT2D eigenvalue weighted by Gasteiger charge is -2.30. The van der Waals surface area contributed by atoms with Crippen LogP contribution in [0.3, 0.4) is 0 Å². The number of carbonyl (C=O) groups is 2. The van der Waals surface area contributed by atoms with E-state index in [0.29, 0.717) is 17.8 Å². The van der Waals surface area contributed by atoms with E-state index in [1.165, 1.54) is 6.92 Å². The van der Waals surface area contributed by atoms with Crippen molar-refractivity contribution in [1.82, 2.24) is 5.32 Å².